The van der Waals surface area contributed by atoms with E-state index in [1.807, 2.05) is 0 Å². The Morgan fingerprint density at radius 2 is 1.80 bits per heavy atom. The number of rotatable bonds is 5. The predicted molar refractivity (Wildman–Crippen MR) is 120 cm³/mol. The Balaban J connectivity index is 1.23. The zero-order chi connectivity index (χ0) is 20.3. The van der Waals surface area contributed by atoms with Gasteiger partial charge in [0, 0.05) is 57.7 Å². The number of hydrogen-bond acceptors (Lipinski definition) is 6. The van der Waals surface area contributed by atoms with Crippen LogP contribution in [0, 0.1) is 0 Å². The van der Waals surface area contributed by atoms with Crippen LogP contribution in [0.2, 0.25) is 0 Å². The van der Waals surface area contributed by atoms with Crippen LogP contribution in [0.25, 0.3) is 11.0 Å². The van der Waals surface area contributed by atoms with E-state index in [1.165, 1.54) is 69.4 Å². The second-order valence-corrected chi connectivity index (χ2v) is 9.20. The first kappa shape index (κ1) is 20.2. The topological polar surface area (TPSA) is 69.3 Å². The van der Waals surface area contributed by atoms with Crippen LogP contribution < -0.4 is 5.32 Å². The summed E-state index contributed by atoms with van der Waals surface area (Å²) in [5, 5.41) is 5.00. The van der Waals surface area contributed by atoms with E-state index in [2.05, 4.69) is 43.2 Å². The van der Waals surface area contributed by atoms with Crippen molar-refractivity contribution in [1.29, 1.82) is 0 Å². The highest BCUT2D eigenvalue weighted by atomic mass is 16.5. The molecule has 0 bridgehead atoms. The maximum absolute atomic E-state index is 5.57. The fraction of sp³-hybridized carbons (Fsp3) is 0.739. The van der Waals surface area contributed by atoms with Gasteiger partial charge in [0.25, 0.3) is 0 Å². The number of H-pyrrole nitrogens is 1. The smallest absolute Gasteiger partial charge is 0.143 e. The zero-order valence-electron chi connectivity index (χ0n) is 18.3. The average molecular weight is 413 g/mol. The van der Waals surface area contributed by atoms with Gasteiger partial charge in [-0.1, -0.05) is 6.92 Å². The summed E-state index contributed by atoms with van der Waals surface area (Å²) in [6, 6.07) is 1.27. The van der Waals surface area contributed by atoms with Gasteiger partial charge in [-0.2, -0.15) is 0 Å². The van der Waals surface area contributed by atoms with Crippen molar-refractivity contribution in [3.05, 3.63) is 18.1 Å². The third-order valence-electron chi connectivity index (χ3n) is 7.57. The number of aromatic nitrogens is 3. The normalized spacial score (nSPS) is 27.5. The van der Waals surface area contributed by atoms with Crippen molar-refractivity contribution in [3.8, 4) is 0 Å². The Labute approximate surface area is 179 Å². The molecule has 2 saturated heterocycles. The number of ether oxygens (including phenoxy) is 1. The first-order valence-corrected chi connectivity index (χ1v) is 11.9. The molecule has 3 aliphatic rings. The van der Waals surface area contributed by atoms with Crippen molar-refractivity contribution in [1.82, 2.24) is 24.8 Å². The molecule has 4 heterocycles. The number of fused-ring (bicyclic) bond motifs is 1. The highest BCUT2D eigenvalue weighted by Crippen LogP contribution is 2.35. The molecule has 1 aliphatic carbocycles. The van der Waals surface area contributed by atoms with E-state index in [0.717, 1.165) is 43.6 Å². The van der Waals surface area contributed by atoms with Gasteiger partial charge in [0.2, 0.25) is 0 Å². The fourth-order valence-corrected chi connectivity index (χ4v) is 5.65. The van der Waals surface area contributed by atoms with Crippen LogP contribution in [0.15, 0.2) is 12.5 Å². The van der Waals surface area contributed by atoms with Gasteiger partial charge in [0.1, 0.15) is 17.8 Å². The van der Waals surface area contributed by atoms with Crippen molar-refractivity contribution in [3.63, 3.8) is 0 Å². The van der Waals surface area contributed by atoms with E-state index in [4.69, 9.17) is 4.74 Å². The standard InChI is InChI=1S/C23H36N6O/c1-2-28-9-11-29(12-10-28)19-5-3-18(4-6-19)27-23-21-20(17-7-13-30-14-8-17)15-24-22(21)25-16-26-23/h15-19H,2-14H2,1H3,(H2,24,25,26,27)/t18-,19+. The monoisotopic (exact) mass is 412 g/mol. The van der Waals surface area contributed by atoms with Crippen LogP contribution >= 0.6 is 0 Å². The van der Waals surface area contributed by atoms with Gasteiger partial charge in [-0.3, -0.25) is 4.90 Å². The first-order chi connectivity index (χ1) is 14.8. The second-order valence-electron chi connectivity index (χ2n) is 9.20. The van der Waals surface area contributed by atoms with Crippen molar-refractivity contribution in [2.75, 3.05) is 51.3 Å². The van der Waals surface area contributed by atoms with Crippen LogP contribution in [-0.2, 0) is 4.74 Å². The lowest BCUT2D eigenvalue weighted by Crippen LogP contribution is -2.51. The summed E-state index contributed by atoms with van der Waals surface area (Å²) in [6.45, 7) is 10.1. The molecule has 5 rings (SSSR count). The SMILES string of the molecule is CCN1CCN([C@H]2CC[C@@H](Nc3ncnc4[nH]cc(C5CCOCC5)c34)CC2)CC1. The Morgan fingerprint density at radius 3 is 2.53 bits per heavy atom. The van der Waals surface area contributed by atoms with Crippen LogP contribution in [-0.4, -0.2) is 82.8 Å². The molecule has 2 aliphatic heterocycles. The van der Waals surface area contributed by atoms with Gasteiger partial charge in [0.15, 0.2) is 0 Å². The molecule has 2 N–H and O–H groups in total. The van der Waals surface area contributed by atoms with Gasteiger partial charge in [0.05, 0.1) is 5.39 Å². The summed E-state index contributed by atoms with van der Waals surface area (Å²) in [6.07, 6.45) is 11.0. The molecular formula is C23H36N6O. The Kier molecular flexibility index (Phi) is 6.20. The minimum atomic E-state index is 0.508. The van der Waals surface area contributed by atoms with Crippen molar-refractivity contribution < 1.29 is 4.74 Å². The molecule has 7 nitrogen and oxygen atoms in total. The van der Waals surface area contributed by atoms with E-state index >= 15 is 0 Å². The predicted octanol–water partition coefficient (Wildman–Crippen LogP) is 3.21. The van der Waals surface area contributed by atoms with E-state index in [-0.39, 0.29) is 0 Å². The number of hydrogen-bond donors (Lipinski definition) is 2. The summed E-state index contributed by atoms with van der Waals surface area (Å²) < 4.78 is 5.57. The zero-order valence-corrected chi connectivity index (χ0v) is 18.3. The first-order valence-electron chi connectivity index (χ1n) is 11.9. The number of nitrogens with zero attached hydrogens (tertiary/aromatic N) is 4. The highest BCUT2D eigenvalue weighted by Gasteiger charge is 2.29. The van der Waals surface area contributed by atoms with E-state index in [0.29, 0.717) is 12.0 Å². The van der Waals surface area contributed by atoms with Crippen LogP contribution in [0.5, 0.6) is 0 Å². The van der Waals surface area contributed by atoms with Crippen LogP contribution in [0.1, 0.15) is 56.9 Å². The fourth-order valence-electron chi connectivity index (χ4n) is 5.65. The summed E-state index contributed by atoms with van der Waals surface area (Å²) in [5.41, 5.74) is 2.32. The average Bonchev–Trinajstić information content (AvgIpc) is 3.26. The Morgan fingerprint density at radius 1 is 1.03 bits per heavy atom. The highest BCUT2D eigenvalue weighted by molar-refractivity contribution is 5.90. The molecule has 164 valence electrons. The lowest BCUT2D eigenvalue weighted by Gasteiger charge is -2.42. The molecule has 1 saturated carbocycles. The molecule has 0 amide bonds. The maximum atomic E-state index is 5.57. The summed E-state index contributed by atoms with van der Waals surface area (Å²) in [5.74, 6) is 1.55. The maximum Gasteiger partial charge on any atom is 0.143 e. The summed E-state index contributed by atoms with van der Waals surface area (Å²) in [4.78, 5) is 17.8. The summed E-state index contributed by atoms with van der Waals surface area (Å²) >= 11 is 0. The molecule has 0 aromatic carbocycles. The lowest BCUT2D eigenvalue weighted by molar-refractivity contribution is 0.0800. The van der Waals surface area contributed by atoms with Gasteiger partial charge in [-0.15, -0.1) is 0 Å². The molecule has 0 atom stereocenters. The molecular weight excluding hydrogens is 376 g/mol. The van der Waals surface area contributed by atoms with Gasteiger partial charge < -0.3 is 19.9 Å². The third kappa shape index (κ3) is 4.20. The molecule has 2 aromatic rings. The van der Waals surface area contributed by atoms with Crippen LogP contribution in [0.4, 0.5) is 5.82 Å². The Hall–Kier alpha value is -1.70. The van der Waals surface area contributed by atoms with Crippen molar-refractivity contribution in [2.45, 2.75) is 63.5 Å². The Bertz CT molecular complexity index is 816. The molecule has 7 heteroatoms. The van der Waals surface area contributed by atoms with Gasteiger partial charge >= 0.3 is 0 Å². The largest absolute Gasteiger partial charge is 0.381 e. The summed E-state index contributed by atoms with van der Waals surface area (Å²) in [7, 11) is 0. The molecule has 2 aromatic heterocycles. The molecule has 30 heavy (non-hydrogen) atoms. The quantitative estimate of drug-likeness (QED) is 0.786. The lowest BCUT2D eigenvalue weighted by atomic mass is 9.89. The van der Waals surface area contributed by atoms with E-state index in [1.54, 1.807) is 6.33 Å². The van der Waals surface area contributed by atoms with Crippen molar-refractivity contribution >= 4 is 16.9 Å². The van der Waals surface area contributed by atoms with E-state index < -0.39 is 0 Å². The number of likely N-dealkylation sites (N-methyl/N-ethyl adjacent to an activating group) is 1. The molecule has 0 spiro atoms. The third-order valence-corrected chi connectivity index (χ3v) is 7.57. The molecule has 3 fully saturated rings. The minimum Gasteiger partial charge on any atom is -0.381 e. The number of nitrogens with one attached hydrogen (secondary N) is 2. The number of piperazine rings is 1. The minimum absolute atomic E-state index is 0.508. The second kappa shape index (κ2) is 9.20. The van der Waals surface area contributed by atoms with Crippen molar-refractivity contribution in [2.24, 2.45) is 0 Å². The van der Waals surface area contributed by atoms with Gasteiger partial charge in [-0.05, 0) is 56.6 Å². The molecule has 0 radical (unpaired) electrons. The number of anilines is 1. The molecule has 0 unspecified atom stereocenters. The van der Waals surface area contributed by atoms with E-state index in [9.17, 15) is 0 Å². The van der Waals surface area contributed by atoms with Crippen LogP contribution in [0.3, 0.4) is 0 Å². The number of aromatic amines is 1. The van der Waals surface area contributed by atoms with Gasteiger partial charge in [-0.25, -0.2) is 9.97 Å².